The summed E-state index contributed by atoms with van der Waals surface area (Å²) in [5.74, 6) is 0.324. The second-order valence-electron chi connectivity index (χ2n) is 3.90. The summed E-state index contributed by atoms with van der Waals surface area (Å²) in [5, 5.41) is 0. The standard InChI is InChI=1S/C9H19NO/c1-6-9(2,3)8(11)7-10(4)5/h6-7H2,1-5H3. The summed E-state index contributed by atoms with van der Waals surface area (Å²) in [6.07, 6.45) is 0.916. The van der Waals surface area contributed by atoms with Gasteiger partial charge in [0.05, 0.1) is 6.54 Å². The van der Waals surface area contributed by atoms with E-state index in [0.717, 1.165) is 6.42 Å². The maximum atomic E-state index is 11.5. The van der Waals surface area contributed by atoms with E-state index >= 15 is 0 Å². The van der Waals surface area contributed by atoms with Crippen molar-refractivity contribution < 1.29 is 4.79 Å². The number of Topliss-reactive ketones (excluding diaryl/α,β-unsaturated/α-hetero) is 1. The first-order valence-electron chi connectivity index (χ1n) is 4.08. The van der Waals surface area contributed by atoms with Crippen molar-refractivity contribution in [2.75, 3.05) is 20.6 Å². The van der Waals surface area contributed by atoms with Crippen molar-refractivity contribution in [3.63, 3.8) is 0 Å². The highest BCUT2D eigenvalue weighted by atomic mass is 16.1. The van der Waals surface area contributed by atoms with Crippen molar-refractivity contribution in [1.29, 1.82) is 0 Å². The van der Waals surface area contributed by atoms with Crippen LogP contribution in [0.4, 0.5) is 0 Å². The van der Waals surface area contributed by atoms with Gasteiger partial charge in [0, 0.05) is 5.41 Å². The first-order chi connectivity index (χ1) is 4.90. The van der Waals surface area contributed by atoms with Crippen LogP contribution >= 0.6 is 0 Å². The highest BCUT2D eigenvalue weighted by Gasteiger charge is 2.24. The molecule has 0 atom stereocenters. The summed E-state index contributed by atoms with van der Waals surface area (Å²) in [6, 6.07) is 0. The number of likely N-dealkylation sites (N-methyl/N-ethyl adjacent to an activating group) is 1. The Morgan fingerprint density at radius 1 is 1.36 bits per heavy atom. The van der Waals surface area contributed by atoms with Gasteiger partial charge in [0.25, 0.3) is 0 Å². The van der Waals surface area contributed by atoms with E-state index in [2.05, 4.69) is 0 Å². The summed E-state index contributed by atoms with van der Waals surface area (Å²) in [5.41, 5.74) is -0.149. The highest BCUT2D eigenvalue weighted by molar-refractivity contribution is 5.85. The Balaban J connectivity index is 4.02. The third kappa shape index (κ3) is 3.51. The molecule has 0 fully saturated rings. The van der Waals surface area contributed by atoms with Crippen molar-refractivity contribution in [2.45, 2.75) is 27.2 Å². The molecule has 11 heavy (non-hydrogen) atoms. The zero-order valence-electron chi connectivity index (χ0n) is 8.27. The molecule has 0 saturated heterocycles. The number of carbonyl (C=O) groups is 1. The molecule has 0 heterocycles. The third-order valence-corrected chi connectivity index (χ3v) is 2.10. The van der Waals surface area contributed by atoms with E-state index in [9.17, 15) is 4.79 Å². The van der Waals surface area contributed by atoms with Gasteiger partial charge in [-0.25, -0.2) is 0 Å². The molecule has 0 aliphatic rings. The average molecular weight is 157 g/mol. The molecule has 0 aliphatic heterocycles. The summed E-state index contributed by atoms with van der Waals surface area (Å²) in [7, 11) is 3.84. The molecule has 0 saturated carbocycles. The summed E-state index contributed by atoms with van der Waals surface area (Å²) in [4.78, 5) is 13.4. The number of carbonyl (C=O) groups excluding carboxylic acids is 1. The molecule has 2 heteroatoms. The highest BCUT2D eigenvalue weighted by Crippen LogP contribution is 2.20. The minimum absolute atomic E-state index is 0.149. The number of hydrogen-bond donors (Lipinski definition) is 0. The molecule has 0 rings (SSSR count). The summed E-state index contributed by atoms with van der Waals surface area (Å²) >= 11 is 0. The molecule has 0 radical (unpaired) electrons. The molecule has 0 spiro atoms. The molecular formula is C9H19NO. The number of hydrogen-bond acceptors (Lipinski definition) is 2. The summed E-state index contributed by atoms with van der Waals surface area (Å²) in [6.45, 7) is 6.60. The molecule has 0 aliphatic carbocycles. The first-order valence-corrected chi connectivity index (χ1v) is 4.08. The SMILES string of the molecule is CCC(C)(C)C(=O)CN(C)C. The van der Waals surface area contributed by atoms with Crippen LogP contribution in [-0.4, -0.2) is 31.3 Å². The van der Waals surface area contributed by atoms with Crippen LogP contribution < -0.4 is 0 Å². The van der Waals surface area contributed by atoms with Gasteiger partial charge in [-0.2, -0.15) is 0 Å². The van der Waals surface area contributed by atoms with Crippen molar-refractivity contribution in [3.8, 4) is 0 Å². The van der Waals surface area contributed by atoms with Crippen molar-refractivity contribution >= 4 is 5.78 Å². The lowest BCUT2D eigenvalue weighted by atomic mass is 9.85. The third-order valence-electron chi connectivity index (χ3n) is 2.10. The Hall–Kier alpha value is -0.370. The van der Waals surface area contributed by atoms with Crippen molar-refractivity contribution in [2.24, 2.45) is 5.41 Å². The molecule has 0 amide bonds. The van der Waals surface area contributed by atoms with Gasteiger partial charge in [0.1, 0.15) is 0 Å². The van der Waals surface area contributed by atoms with Crippen molar-refractivity contribution in [3.05, 3.63) is 0 Å². The predicted octanol–water partition coefficient (Wildman–Crippen LogP) is 1.55. The van der Waals surface area contributed by atoms with Crippen molar-refractivity contribution in [1.82, 2.24) is 4.90 Å². The van der Waals surface area contributed by atoms with Crippen LogP contribution in [0.25, 0.3) is 0 Å². The second kappa shape index (κ2) is 3.86. The van der Waals surface area contributed by atoms with Crippen LogP contribution in [0.15, 0.2) is 0 Å². The molecular weight excluding hydrogens is 138 g/mol. The lowest BCUT2D eigenvalue weighted by molar-refractivity contribution is -0.127. The van der Waals surface area contributed by atoms with Gasteiger partial charge >= 0.3 is 0 Å². The Bertz CT molecular complexity index is 138. The first kappa shape index (κ1) is 10.6. The minimum Gasteiger partial charge on any atom is -0.302 e. The Labute approximate surface area is 69.6 Å². The Morgan fingerprint density at radius 3 is 2.09 bits per heavy atom. The fourth-order valence-corrected chi connectivity index (χ4v) is 0.698. The average Bonchev–Trinajstić information content (AvgIpc) is 1.86. The van der Waals surface area contributed by atoms with Gasteiger partial charge in [-0.3, -0.25) is 4.79 Å². The number of ketones is 1. The van der Waals surface area contributed by atoms with Crippen LogP contribution in [0.2, 0.25) is 0 Å². The van der Waals surface area contributed by atoms with Crippen LogP contribution in [0.5, 0.6) is 0 Å². The van der Waals surface area contributed by atoms with Gasteiger partial charge in [-0.05, 0) is 20.5 Å². The van der Waals surface area contributed by atoms with Gasteiger partial charge < -0.3 is 4.90 Å². The van der Waals surface area contributed by atoms with Crippen LogP contribution in [-0.2, 0) is 4.79 Å². The predicted molar refractivity (Wildman–Crippen MR) is 47.6 cm³/mol. The van der Waals surface area contributed by atoms with E-state index in [1.807, 2.05) is 39.8 Å². The van der Waals surface area contributed by atoms with E-state index in [1.54, 1.807) is 0 Å². The monoisotopic (exact) mass is 157 g/mol. The lowest BCUT2D eigenvalue weighted by Crippen LogP contribution is -2.32. The van der Waals surface area contributed by atoms with Gasteiger partial charge in [0.2, 0.25) is 0 Å². The zero-order chi connectivity index (χ0) is 9.07. The fraction of sp³-hybridized carbons (Fsp3) is 0.889. The molecule has 2 nitrogen and oxygen atoms in total. The van der Waals surface area contributed by atoms with E-state index in [-0.39, 0.29) is 5.41 Å². The zero-order valence-corrected chi connectivity index (χ0v) is 8.27. The van der Waals surface area contributed by atoms with Gasteiger partial charge in [0.15, 0.2) is 5.78 Å². The van der Waals surface area contributed by atoms with E-state index in [4.69, 9.17) is 0 Å². The van der Waals surface area contributed by atoms with Gasteiger partial charge in [-0.15, -0.1) is 0 Å². The van der Waals surface area contributed by atoms with Crippen LogP contribution in [0.3, 0.4) is 0 Å². The van der Waals surface area contributed by atoms with Crippen LogP contribution in [0, 0.1) is 5.41 Å². The largest absolute Gasteiger partial charge is 0.302 e. The topological polar surface area (TPSA) is 20.3 Å². The lowest BCUT2D eigenvalue weighted by Gasteiger charge is -2.22. The maximum absolute atomic E-state index is 11.5. The quantitative estimate of drug-likeness (QED) is 0.617. The Kier molecular flexibility index (Phi) is 3.73. The van der Waals surface area contributed by atoms with Crippen LogP contribution in [0.1, 0.15) is 27.2 Å². The molecule has 0 bridgehead atoms. The fourth-order valence-electron chi connectivity index (χ4n) is 0.698. The summed E-state index contributed by atoms with van der Waals surface area (Å²) < 4.78 is 0. The number of rotatable bonds is 4. The maximum Gasteiger partial charge on any atom is 0.152 e. The van der Waals surface area contributed by atoms with E-state index in [0.29, 0.717) is 12.3 Å². The normalized spacial score (nSPS) is 12.2. The molecule has 0 aromatic rings. The number of nitrogens with zero attached hydrogens (tertiary/aromatic N) is 1. The second-order valence-corrected chi connectivity index (χ2v) is 3.90. The Morgan fingerprint density at radius 2 is 1.82 bits per heavy atom. The minimum atomic E-state index is -0.149. The van der Waals surface area contributed by atoms with Gasteiger partial charge in [-0.1, -0.05) is 20.8 Å². The molecule has 66 valence electrons. The molecule has 0 N–H and O–H groups in total. The molecule has 0 aromatic carbocycles. The van der Waals surface area contributed by atoms with E-state index < -0.39 is 0 Å². The molecule has 0 aromatic heterocycles. The van der Waals surface area contributed by atoms with E-state index in [1.165, 1.54) is 0 Å². The smallest absolute Gasteiger partial charge is 0.152 e. The molecule has 0 unspecified atom stereocenters.